The summed E-state index contributed by atoms with van der Waals surface area (Å²) in [5.74, 6) is 1.10. The maximum Gasteiger partial charge on any atom is 0.321 e. The Morgan fingerprint density at radius 1 is 1.43 bits per heavy atom. The molecule has 2 amide bonds. The molecular weight excluding hydrogens is 292 g/mol. The molecule has 112 valence electrons. The van der Waals surface area contributed by atoms with E-state index >= 15 is 0 Å². The third-order valence-electron chi connectivity index (χ3n) is 2.70. The summed E-state index contributed by atoms with van der Waals surface area (Å²) in [5.41, 5.74) is 0.385. The third kappa shape index (κ3) is 3.88. The number of carbonyl (C=O) groups is 2. The van der Waals surface area contributed by atoms with Crippen molar-refractivity contribution < 1.29 is 14.0 Å². The van der Waals surface area contributed by atoms with Crippen LogP contribution < -0.4 is 10.6 Å². The van der Waals surface area contributed by atoms with Gasteiger partial charge in [-0.2, -0.15) is 0 Å². The Balaban J connectivity index is 1.89. The number of Topliss-reactive ketones (excluding diaryl/α,β-unsaturated/α-hetero) is 1. The number of oxazole rings is 1. The van der Waals surface area contributed by atoms with Gasteiger partial charge in [-0.3, -0.25) is 10.1 Å². The molecule has 8 heteroatoms. The van der Waals surface area contributed by atoms with Gasteiger partial charge in [-0.1, -0.05) is 6.92 Å². The predicted octanol–water partition coefficient (Wildman–Crippen LogP) is 2.53. The van der Waals surface area contributed by atoms with Crippen LogP contribution in [-0.4, -0.2) is 21.8 Å². The molecule has 7 nitrogen and oxygen atoms in total. The van der Waals surface area contributed by atoms with Crippen LogP contribution in [0.15, 0.2) is 10.6 Å². The van der Waals surface area contributed by atoms with Gasteiger partial charge in [-0.15, -0.1) is 11.3 Å². The topological polar surface area (TPSA) is 97.1 Å². The smallest absolute Gasteiger partial charge is 0.321 e. The van der Waals surface area contributed by atoms with Crippen LogP contribution in [0, 0.1) is 6.92 Å². The van der Waals surface area contributed by atoms with Gasteiger partial charge in [0.05, 0.1) is 12.7 Å². The molecule has 2 N–H and O–H groups in total. The van der Waals surface area contributed by atoms with Gasteiger partial charge in [0.15, 0.2) is 10.9 Å². The zero-order valence-corrected chi connectivity index (χ0v) is 12.8. The largest absolute Gasteiger partial charge is 0.444 e. The van der Waals surface area contributed by atoms with E-state index in [4.69, 9.17) is 4.42 Å². The van der Waals surface area contributed by atoms with Crippen LogP contribution in [0.25, 0.3) is 0 Å². The number of carbonyl (C=O) groups excluding carboxylic acids is 2. The van der Waals surface area contributed by atoms with Gasteiger partial charge >= 0.3 is 6.03 Å². The molecule has 0 saturated carbocycles. The molecule has 0 aliphatic rings. The van der Waals surface area contributed by atoms with Crippen LogP contribution in [0.3, 0.4) is 0 Å². The molecule has 0 spiro atoms. The van der Waals surface area contributed by atoms with E-state index in [9.17, 15) is 9.59 Å². The SMILES string of the molecule is CCc1cnc(CNC(=O)Nc2nc(C(C)=O)c(C)s2)o1. The summed E-state index contributed by atoms with van der Waals surface area (Å²) >= 11 is 1.26. The summed E-state index contributed by atoms with van der Waals surface area (Å²) in [6.45, 7) is 5.38. The Kier molecular flexibility index (Phi) is 4.69. The van der Waals surface area contributed by atoms with Crippen molar-refractivity contribution in [1.29, 1.82) is 0 Å². The van der Waals surface area contributed by atoms with Crippen molar-refractivity contribution in [2.24, 2.45) is 0 Å². The maximum atomic E-state index is 11.7. The number of ketones is 1. The van der Waals surface area contributed by atoms with Gasteiger partial charge in [-0.05, 0) is 6.92 Å². The molecule has 0 aromatic carbocycles. The lowest BCUT2D eigenvalue weighted by molar-refractivity contribution is 0.101. The van der Waals surface area contributed by atoms with E-state index in [1.54, 1.807) is 13.1 Å². The molecule has 0 atom stereocenters. The number of aromatic nitrogens is 2. The minimum absolute atomic E-state index is 0.121. The Morgan fingerprint density at radius 2 is 2.19 bits per heavy atom. The number of nitrogens with one attached hydrogen (secondary N) is 2. The van der Waals surface area contributed by atoms with Crippen molar-refractivity contribution in [1.82, 2.24) is 15.3 Å². The Morgan fingerprint density at radius 3 is 2.76 bits per heavy atom. The number of amides is 2. The Bertz CT molecular complexity index is 662. The molecule has 2 aromatic rings. The highest BCUT2D eigenvalue weighted by atomic mass is 32.1. The van der Waals surface area contributed by atoms with Crippen molar-refractivity contribution in [2.75, 3.05) is 5.32 Å². The minimum Gasteiger partial charge on any atom is -0.444 e. The number of aryl methyl sites for hydroxylation is 2. The minimum atomic E-state index is -0.421. The highest BCUT2D eigenvalue weighted by molar-refractivity contribution is 7.16. The highest BCUT2D eigenvalue weighted by Crippen LogP contribution is 2.22. The average molecular weight is 308 g/mol. The summed E-state index contributed by atoms with van der Waals surface area (Å²) in [6, 6.07) is -0.421. The van der Waals surface area contributed by atoms with Gasteiger partial charge in [0.2, 0.25) is 5.89 Å². The van der Waals surface area contributed by atoms with E-state index in [0.29, 0.717) is 16.7 Å². The zero-order valence-electron chi connectivity index (χ0n) is 12.0. The van der Waals surface area contributed by atoms with E-state index < -0.39 is 6.03 Å². The van der Waals surface area contributed by atoms with Crippen molar-refractivity contribution in [3.63, 3.8) is 0 Å². The van der Waals surface area contributed by atoms with Crippen LogP contribution in [0.4, 0.5) is 9.93 Å². The van der Waals surface area contributed by atoms with Gasteiger partial charge in [0, 0.05) is 18.2 Å². The first-order valence-corrected chi connectivity index (χ1v) is 7.28. The number of nitrogens with zero attached hydrogens (tertiary/aromatic N) is 2. The quantitative estimate of drug-likeness (QED) is 0.827. The van der Waals surface area contributed by atoms with E-state index in [1.807, 2.05) is 6.92 Å². The molecule has 0 saturated heterocycles. The van der Waals surface area contributed by atoms with Gasteiger partial charge in [-0.25, -0.2) is 14.8 Å². The number of hydrogen-bond donors (Lipinski definition) is 2. The second kappa shape index (κ2) is 6.49. The van der Waals surface area contributed by atoms with Gasteiger partial charge < -0.3 is 9.73 Å². The van der Waals surface area contributed by atoms with Crippen LogP contribution >= 0.6 is 11.3 Å². The zero-order chi connectivity index (χ0) is 15.4. The summed E-state index contributed by atoms with van der Waals surface area (Å²) in [4.78, 5) is 31.9. The second-order valence-electron chi connectivity index (χ2n) is 4.36. The molecule has 0 unspecified atom stereocenters. The predicted molar refractivity (Wildman–Crippen MR) is 78.6 cm³/mol. The number of rotatable bonds is 5. The number of urea groups is 1. The molecule has 0 aliphatic heterocycles. The number of hydrogen-bond acceptors (Lipinski definition) is 6. The molecule has 0 aliphatic carbocycles. The lowest BCUT2D eigenvalue weighted by atomic mass is 10.3. The van der Waals surface area contributed by atoms with E-state index in [1.165, 1.54) is 18.3 Å². The molecule has 2 heterocycles. The number of anilines is 1. The molecular formula is C13H16N4O3S. The van der Waals surface area contributed by atoms with Crippen molar-refractivity contribution >= 4 is 28.3 Å². The Labute approximate surface area is 125 Å². The summed E-state index contributed by atoms with van der Waals surface area (Å²) < 4.78 is 5.38. The standard InChI is InChI=1S/C13H16N4O3S/c1-4-9-5-14-10(20-9)6-15-12(19)17-13-16-11(7(2)18)8(3)21-13/h5H,4,6H2,1-3H3,(H2,15,16,17,19). The average Bonchev–Trinajstić information content (AvgIpc) is 3.03. The molecule has 2 aromatic heterocycles. The molecule has 2 rings (SSSR count). The van der Waals surface area contributed by atoms with Crippen LogP contribution in [-0.2, 0) is 13.0 Å². The summed E-state index contributed by atoms with van der Waals surface area (Å²) in [5, 5.41) is 5.59. The fraction of sp³-hybridized carbons (Fsp3) is 0.385. The van der Waals surface area contributed by atoms with Crippen LogP contribution in [0.1, 0.15) is 40.9 Å². The first-order chi connectivity index (χ1) is 9.99. The van der Waals surface area contributed by atoms with Crippen molar-refractivity contribution in [3.05, 3.63) is 28.4 Å². The molecule has 0 bridgehead atoms. The molecule has 0 fully saturated rings. The fourth-order valence-electron chi connectivity index (χ4n) is 1.67. The van der Waals surface area contributed by atoms with Gasteiger partial charge in [0.1, 0.15) is 11.5 Å². The Hall–Kier alpha value is -2.22. The first kappa shape index (κ1) is 15.2. The fourth-order valence-corrected chi connectivity index (χ4v) is 2.52. The van der Waals surface area contributed by atoms with E-state index in [0.717, 1.165) is 17.1 Å². The van der Waals surface area contributed by atoms with Crippen molar-refractivity contribution in [3.8, 4) is 0 Å². The van der Waals surface area contributed by atoms with E-state index in [-0.39, 0.29) is 12.3 Å². The first-order valence-electron chi connectivity index (χ1n) is 6.46. The second-order valence-corrected chi connectivity index (χ2v) is 5.56. The third-order valence-corrected chi connectivity index (χ3v) is 3.59. The molecule has 0 radical (unpaired) electrons. The normalized spacial score (nSPS) is 10.4. The van der Waals surface area contributed by atoms with Crippen LogP contribution in [0.5, 0.6) is 0 Å². The van der Waals surface area contributed by atoms with Crippen LogP contribution in [0.2, 0.25) is 0 Å². The monoisotopic (exact) mass is 308 g/mol. The summed E-state index contributed by atoms with van der Waals surface area (Å²) in [6.07, 6.45) is 2.39. The van der Waals surface area contributed by atoms with E-state index in [2.05, 4.69) is 20.6 Å². The summed E-state index contributed by atoms with van der Waals surface area (Å²) in [7, 11) is 0. The lowest BCUT2D eigenvalue weighted by Crippen LogP contribution is -2.28. The molecule has 21 heavy (non-hydrogen) atoms. The lowest BCUT2D eigenvalue weighted by Gasteiger charge is -2.02. The highest BCUT2D eigenvalue weighted by Gasteiger charge is 2.13. The van der Waals surface area contributed by atoms with Crippen molar-refractivity contribution in [2.45, 2.75) is 33.7 Å². The van der Waals surface area contributed by atoms with Gasteiger partial charge in [0.25, 0.3) is 0 Å². The number of thiazole rings is 1. The maximum absolute atomic E-state index is 11.7.